The van der Waals surface area contributed by atoms with Gasteiger partial charge in [0.25, 0.3) is 0 Å². The van der Waals surface area contributed by atoms with Crippen LogP contribution in [-0.2, 0) is 10.5 Å². The number of thioether (sulfide) groups is 1. The summed E-state index contributed by atoms with van der Waals surface area (Å²) in [5.41, 5.74) is 0. The summed E-state index contributed by atoms with van der Waals surface area (Å²) in [6.07, 6.45) is 2.28. The first-order valence-electron chi connectivity index (χ1n) is 5.71. The van der Waals surface area contributed by atoms with Crippen LogP contribution < -0.4 is 10.6 Å². The van der Waals surface area contributed by atoms with Crippen molar-refractivity contribution in [3.8, 4) is 0 Å². The molecule has 0 saturated heterocycles. The monoisotopic (exact) mass is 272 g/mol. The highest BCUT2D eigenvalue weighted by molar-refractivity contribution is 7.99. The van der Waals surface area contributed by atoms with Crippen LogP contribution in [0.4, 0.5) is 5.13 Å². The molecule has 0 aliphatic heterocycles. The Morgan fingerprint density at radius 1 is 1.53 bits per heavy atom. The number of hydrogen-bond acceptors (Lipinski definition) is 6. The topological polar surface area (TPSA) is 66.9 Å². The van der Waals surface area contributed by atoms with E-state index >= 15 is 0 Å². The lowest BCUT2D eigenvalue weighted by Gasteiger charge is -2.01. The van der Waals surface area contributed by atoms with Crippen molar-refractivity contribution in [1.82, 2.24) is 15.5 Å². The maximum Gasteiger partial charge on any atom is 0.230 e. The van der Waals surface area contributed by atoms with Crippen molar-refractivity contribution >= 4 is 34.1 Å². The zero-order chi connectivity index (χ0) is 12.1. The molecule has 0 spiro atoms. The van der Waals surface area contributed by atoms with E-state index in [0.29, 0.717) is 11.8 Å². The minimum absolute atomic E-state index is 0.133. The molecule has 1 amide bonds. The molecule has 1 aromatic rings. The summed E-state index contributed by atoms with van der Waals surface area (Å²) in [4.78, 5) is 11.4. The number of nitrogens with zero attached hydrogens (tertiary/aromatic N) is 2. The highest BCUT2D eigenvalue weighted by atomic mass is 32.2. The lowest BCUT2D eigenvalue weighted by atomic mass is 10.6. The quantitative estimate of drug-likeness (QED) is 0.787. The lowest BCUT2D eigenvalue weighted by molar-refractivity contribution is -0.118. The van der Waals surface area contributed by atoms with E-state index in [1.54, 1.807) is 23.1 Å². The summed E-state index contributed by atoms with van der Waals surface area (Å²) in [6, 6.07) is 0.449. The molecule has 17 heavy (non-hydrogen) atoms. The molecule has 1 fully saturated rings. The summed E-state index contributed by atoms with van der Waals surface area (Å²) in [7, 11) is 0. The van der Waals surface area contributed by atoms with Gasteiger partial charge in [-0.2, -0.15) is 0 Å². The fraction of sp³-hybridized carbons (Fsp3) is 0.700. The first-order valence-corrected chi connectivity index (χ1v) is 7.68. The second-order valence-electron chi connectivity index (χ2n) is 3.87. The molecule has 5 nitrogen and oxygen atoms in total. The molecular weight excluding hydrogens is 256 g/mol. The first-order chi connectivity index (χ1) is 8.28. The molecule has 0 unspecified atom stereocenters. The molecular formula is C10H16N4OS2. The summed E-state index contributed by atoms with van der Waals surface area (Å²) in [5, 5.41) is 16.0. The third kappa shape index (κ3) is 4.51. The highest BCUT2D eigenvalue weighted by Gasteiger charge is 2.22. The molecule has 2 N–H and O–H groups in total. The van der Waals surface area contributed by atoms with Crippen LogP contribution in [-0.4, -0.2) is 34.4 Å². The summed E-state index contributed by atoms with van der Waals surface area (Å²) in [5.74, 6) is 1.39. The standard InChI is InChI=1S/C10H16N4OS2/c1-2-11-10-14-13-9(17-10)6-16-5-8(15)12-7-3-4-7/h7H,2-6H2,1H3,(H,11,14)(H,12,15). The molecule has 0 bridgehead atoms. The van der Waals surface area contributed by atoms with E-state index in [0.717, 1.165) is 35.3 Å². The van der Waals surface area contributed by atoms with Crippen molar-refractivity contribution in [1.29, 1.82) is 0 Å². The molecule has 1 saturated carbocycles. The number of anilines is 1. The SMILES string of the molecule is CCNc1nnc(CSCC(=O)NC2CC2)s1. The Bertz CT molecular complexity index is 378. The van der Waals surface area contributed by atoms with Gasteiger partial charge in [0.1, 0.15) is 5.01 Å². The fourth-order valence-corrected chi connectivity index (χ4v) is 2.95. The van der Waals surface area contributed by atoms with E-state index in [2.05, 4.69) is 20.8 Å². The van der Waals surface area contributed by atoms with E-state index in [1.807, 2.05) is 6.92 Å². The van der Waals surface area contributed by atoms with Crippen LogP contribution in [0.25, 0.3) is 0 Å². The molecule has 0 radical (unpaired) electrons. The summed E-state index contributed by atoms with van der Waals surface area (Å²) >= 11 is 3.13. The van der Waals surface area contributed by atoms with E-state index in [-0.39, 0.29) is 5.91 Å². The van der Waals surface area contributed by atoms with Crippen LogP contribution in [0.2, 0.25) is 0 Å². The number of hydrogen-bond donors (Lipinski definition) is 2. The van der Waals surface area contributed by atoms with Crippen LogP contribution >= 0.6 is 23.1 Å². The Labute approximate surface area is 109 Å². The van der Waals surface area contributed by atoms with Crippen molar-refractivity contribution in [2.45, 2.75) is 31.6 Å². The van der Waals surface area contributed by atoms with Gasteiger partial charge in [-0.05, 0) is 19.8 Å². The predicted molar refractivity (Wildman–Crippen MR) is 71.4 cm³/mol. The van der Waals surface area contributed by atoms with E-state index < -0.39 is 0 Å². The van der Waals surface area contributed by atoms with Crippen molar-refractivity contribution in [3.05, 3.63) is 5.01 Å². The number of carbonyl (C=O) groups is 1. The Morgan fingerprint density at radius 3 is 3.06 bits per heavy atom. The van der Waals surface area contributed by atoms with Crippen LogP contribution in [0.1, 0.15) is 24.8 Å². The van der Waals surface area contributed by atoms with Crippen molar-refractivity contribution in [3.63, 3.8) is 0 Å². The summed E-state index contributed by atoms with van der Waals surface area (Å²) < 4.78 is 0. The number of rotatable bonds is 7. The molecule has 0 atom stereocenters. The zero-order valence-corrected chi connectivity index (χ0v) is 11.4. The third-order valence-electron chi connectivity index (χ3n) is 2.20. The van der Waals surface area contributed by atoms with Gasteiger partial charge < -0.3 is 10.6 Å². The van der Waals surface area contributed by atoms with Crippen molar-refractivity contribution in [2.24, 2.45) is 0 Å². The largest absolute Gasteiger partial charge is 0.360 e. The third-order valence-corrected chi connectivity index (χ3v) is 4.20. The van der Waals surface area contributed by atoms with Crippen LogP contribution in [0, 0.1) is 0 Å². The Morgan fingerprint density at radius 2 is 2.35 bits per heavy atom. The molecule has 7 heteroatoms. The van der Waals surface area contributed by atoms with E-state index in [4.69, 9.17) is 0 Å². The second-order valence-corrected chi connectivity index (χ2v) is 5.91. The lowest BCUT2D eigenvalue weighted by Crippen LogP contribution is -2.27. The average molecular weight is 272 g/mol. The first kappa shape index (κ1) is 12.6. The average Bonchev–Trinajstić information content (AvgIpc) is 2.99. The van der Waals surface area contributed by atoms with E-state index in [1.165, 1.54) is 0 Å². The Balaban J connectivity index is 1.64. The van der Waals surface area contributed by atoms with Gasteiger partial charge in [-0.1, -0.05) is 11.3 Å². The molecule has 0 aromatic carbocycles. The van der Waals surface area contributed by atoms with Gasteiger partial charge in [0, 0.05) is 18.3 Å². The van der Waals surface area contributed by atoms with Crippen molar-refractivity contribution in [2.75, 3.05) is 17.6 Å². The second kappa shape index (κ2) is 6.20. The van der Waals surface area contributed by atoms with Crippen molar-refractivity contribution < 1.29 is 4.79 Å². The van der Waals surface area contributed by atoms with Gasteiger partial charge in [-0.3, -0.25) is 4.79 Å². The maximum absolute atomic E-state index is 11.4. The Hall–Kier alpha value is -0.820. The molecule has 1 aliphatic carbocycles. The van der Waals surface area contributed by atoms with Gasteiger partial charge in [-0.15, -0.1) is 22.0 Å². The minimum atomic E-state index is 0.133. The molecule has 94 valence electrons. The zero-order valence-electron chi connectivity index (χ0n) is 9.73. The van der Waals surface area contributed by atoms with Crippen LogP contribution in [0.3, 0.4) is 0 Å². The van der Waals surface area contributed by atoms with Gasteiger partial charge in [0.15, 0.2) is 0 Å². The molecule has 2 rings (SSSR count). The van der Waals surface area contributed by atoms with Gasteiger partial charge in [0.2, 0.25) is 11.0 Å². The molecule has 1 aromatic heterocycles. The highest BCUT2D eigenvalue weighted by Crippen LogP contribution is 2.21. The molecule has 1 heterocycles. The van der Waals surface area contributed by atoms with E-state index in [9.17, 15) is 4.79 Å². The fourth-order valence-electron chi connectivity index (χ4n) is 1.26. The maximum atomic E-state index is 11.4. The number of nitrogens with one attached hydrogen (secondary N) is 2. The van der Waals surface area contributed by atoms with Gasteiger partial charge in [0.05, 0.1) is 5.75 Å². The smallest absolute Gasteiger partial charge is 0.230 e. The minimum Gasteiger partial charge on any atom is -0.360 e. The van der Waals surface area contributed by atoms with Gasteiger partial charge in [-0.25, -0.2) is 0 Å². The number of aromatic nitrogens is 2. The normalized spacial score (nSPS) is 14.6. The van der Waals surface area contributed by atoms with Crippen LogP contribution in [0.15, 0.2) is 0 Å². The van der Waals surface area contributed by atoms with Gasteiger partial charge >= 0.3 is 0 Å². The summed E-state index contributed by atoms with van der Waals surface area (Å²) in [6.45, 7) is 2.88. The Kier molecular flexibility index (Phi) is 4.61. The number of amides is 1. The molecule has 1 aliphatic rings. The number of carbonyl (C=O) groups excluding carboxylic acids is 1. The predicted octanol–water partition coefficient (Wildman–Crippen LogP) is 1.48. The van der Waals surface area contributed by atoms with Crippen LogP contribution in [0.5, 0.6) is 0 Å².